The summed E-state index contributed by atoms with van der Waals surface area (Å²) < 4.78 is 39.1. The lowest BCUT2D eigenvalue weighted by Gasteiger charge is -2.30. The molecule has 3 rings (SSSR count). The Morgan fingerprint density at radius 1 is 1.29 bits per heavy atom. The highest BCUT2D eigenvalue weighted by atomic mass is 35.5. The van der Waals surface area contributed by atoms with Crippen molar-refractivity contribution in [1.29, 1.82) is 0 Å². The number of aryl methyl sites for hydroxylation is 1. The van der Waals surface area contributed by atoms with Gasteiger partial charge in [-0.1, -0.05) is 23.7 Å². The number of halogens is 4. The maximum atomic E-state index is 13.0. The van der Waals surface area contributed by atoms with Gasteiger partial charge in [-0.25, -0.2) is 4.98 Å². The minimum atomic E-state index is -4.63. The number of pyridine rings is 1. The van der Waals surface area contributed by atoms with Crippen LogP contribution in [0.15, 0.2) is 47.9 Å². The molecule has 0 spiro atoms. The van der Waals surface area contributed by atoms with Crippen molar-refractivity contribution >= 4 is 23.3 Å². The lowest BCUT2D eigenvalue weighted by Crippen LogP contribution is -2.40. The average Bonchev–Trinajstić information content (AvgIpc) is 2.63. The first-order chi connectivity index (χ1) is 13.2. The first-order valence-electron chi connectivity index (χ1n) is 8.49. The number of carbonyl (C=O) groups excluding carboxylic acids is 1. The number of aromatic nitrogens is 1. The number of hydrogen-bond donors (Lipinski definition) is 2. The van der Waals surface area contributed by atoms with E-state index in [2.05, 4.69) is 10.3 Å². The fourth-order valence-electron chi connectivity index (χ4n) is 2.95. The molecular formula is C19H18ClF3N4O. The van der Waals surface area contributed by atoms with Crippen LogP contribution in [0.25, 0.3) is 0 Å². The van der Waals surface area contributed by atoms with Crippen molar-refractivity contribution in [2.45, 2.75) is 19.5 Å². The molecule has 2 heterocycles. The van der Waals surface area contributed by atoms with E-state index in [9.17, 15) is 18.0 Å². The molecule has 5 nitrogen and oxygen atoms in total. The molecule has 9 heteroatoms. The summed E-state index contributed by atoms with van der Waals surface area (Å²) in [5.41, 5.74) is 6.98. The van der Waals surface area contributed by atoms with Gasteiger partial charge in [-0.3, -0.25) is 4.79 Å². The zero-order valence-corrected chi connectivity index (χ0v) is 15.7. The summed E-state index contributed by atoms with van der Waals surface area (Å²) in [6, 6.07) is 7.02. The second-order valence-electron chi connectivity index (χ2n) is 6.44. The number of rotatable bonds is 3. The molecule has 0 atom stereocenters. The predicted molar refractivity (Wildman–Crippen MR) is 101 cm³/mol. The molecule has 0 unspecified atom stereocenters. The molecule has 0 radical (unpaired) electrons. The van der Waals surface area contributed by atoms with Gasteiger partial charge in [0.25, 0.3) is 5.91 Å². The quantitative estimate of drug-likeness (QED) is 0.796. The molecule has 0 saturated heterocycles. The summed E-state index contributed by atoms with van der Waals surface area (Å²) in [6.45, 7) is 2.28. The number of benzene rings is 1. The van der Waals surface area contributed by atoms with Gasteiger partial charge in [0, 0.05) is 30.6 Å². The molecule has 1 aliphatic heterocycles. The van der Waals surface area contributed by atoms with Crippen LogP contribution in [-0.4, -0.2) is 28.9 Å². The number of carbonyl (C=O) groups is 1. The highest BCUT2D eigenvalue weighted by Gasteiger charge is 2.35. The number of nitrogens with zero attached hydrogens (tertiary/aromatic N) is 2. The third-order valence-electron chi connectivity index (χ3n) is 4.48. The standard InChI is InChI=1S/C19H18ClF3N4O/c1-11-4-3-8-25-17(11)26-15-7-9-27(10-14(15)24)18(28)12-5-2-6-13(16(12)20)19(21,22)23/h2-6,8H,7,9-10,24H2,1H3,(H,25,26). The number of nitrogens with one attached hydrogen (secondary N) is 1. The Kier molecular flexibility index (Phi) is 5.51. The van der Waals surface area contributed by atoms with Crippen LogP contribution >= 0.6 is 11.6 Å². The molecule has 28 heavy (non-hydrogen) atoms. The second kappa shape index (κ2) is 7.71. The second-order valence-corrected chi connectivity index (χ2v) is 6.82. The van der Waals surface area contributed by atoms with E-state index in [4.69, 9.17) is 17.3 Å². The lowest BCUT2D eigenvalue weighted by molar-refractivity contribution is -0.137. The lowest BCUT2D eigenvalue weighted by atomic mass is 10.1. The Hall–Kier alpha value is -2.74. The minimum Gasteiger partial charge on any atom is -0.399 e. The van der Waals surface area contributed by atoms with Gasteiger partial charge in [0.15, 0.2) is 0 Å². The van der Waals surface area contributed by atoms with Crippen LogP contribution in [0.4, 0.5) is 19.0 Å². The molecule has 0 fully saturated rings. The van der Waals surface area contributed by atoms with Crippen LogP contribution < -0.4 is 11.1 Å². The van der Waals surface area contributed by atoms with Crippen molar-refractivity contribution in [2.75, 3.05) is 18.4 Å². The van der Waals surface area contributed by atoms with Gasteiger partial charge < -0.3 is 16.0 Å². The number of hydrogen-bond acceptors (Lipinski definition) is 4. The molecule has 148 valence electrons. The molecule has 1 amide bonds. The zero-order valence-electron chi connectivity index (χ0n) is 15.0. The first-order valence-corrected chi connectivity index (χ1v) is 8.87. The van der Waals surface area contributed by atoms with Gasteiger partial charge >= 0.3 is 6.18 Å². The Morgan fingerprint density at radius 3 is 2.68 bits per heavy atom. The zero-order chi connectivity index (χ0) is 20.5. The van der Waals surface area contributed by atoms with E-state index in [1.165, 1.54) is 17.0 Å². The van der Waals surface area contributed by atoms with Crippen LogP contribution in [0.3, 0.4) is 0 Å². The van der Waals surface area contributed by atoms with E-state index in [0.29, 0.717) is 24.5 Å². The highest BCUT2D eigenvalue weighted by Crippen LogP contribution is 2.36. The number of nitrogens with two attached hydrogens (primary N) is 1. The summed E-state index contributed by atoms with van der Waals surface area (Å²) in [6.07, 6.45) is -2.56. The van der Waals surface area contributed by atoms with E-state index < -0.39 is 22.7 Å². The molecule has 2 aromatic rings. The Morgan fingerprint density at radius 2 is 2.04 bits per heavy atom. The van der Waals surface area contributed by atoms with Gasteiger partial charge in [-0.2, -0.15) is 13.2 Å². The number of anilines is 1. The van der Waals surface area contributed by atoms with E-state index >= 15 is 0 Å². The Labute approximate surface area is 165 Å². The monoisotopic (exact) mass is 410 g/mol. The topological polar surface area (TPSA) is 71.2 Å². The summed E-state index contributed by atoms with van der Waals surface area (Å²) >= 11 is 5.87. The first kappa shape index (κ1) is 20.0. The fraction of sp³-hybridized carbons (Fsp3) is 0.263. The molecule has 0 saturated carbocycles. The normalized spacial score (nSPS) is 15.0. The fourth-order valence-corrected chi connectivity index (χ4v) is 3.26. The molecule has 0 aliphatic carbocycles. The minimum absolute atomic E-state index is 0.0830. The van der Waals surface area contributed by atoms with Crippen molar-refractivity contribution in [2.24, 2.45) is 5.73 Å². The summed E-state index contributed by atoms with van der Waals surface area (Å²) in [5, 5.41) is 2.57. The van der Waals surface area contributed by atoms with Gasteiger partial charge in [-0.05, 0) is 30.7 Å². The largest absolute Gasteiger partial charge is 0.417 e. The van der Waals surface area contributed by atoms with Crippen LogP contribution in [-0.2, 0) is 6.18 Å². The summed E-state index contributed by atoms with van der Waals surface area (Å²) in [4.78, 5) is 18.4. The van der Waals surface area contributed by atoms with Gasteiger partial charge in [-0.15, -0.1) is 0 Å². The van der Waals surface area contributed by atoms with Crippen molar-refractivity contribution in [1.82, 2.24) is 9.88 Å². The molecule has 3 N–H and O–H groups in total. The third kappa shape index (κ3) is 4.06. The highest BCUT2D eigenvalue weighted by molar-refractivity contribution is 6.34. The van der Waals surface area contributed by atoms with Crippen LogP contribution in [0, 0.1) is 6.92 Å². The van der Waals surface area contributed by atoms with E-state index in [1.54, 1.807) is 6.20 Å². The molecule has 1 aromatic carbocycles. The number of amides is 1. The Balaban J connectivity index is 1.80. The maximum Gasteiger partial charge on any atom is 0.417 e. The Bertz CT molecular complexity index is 943. The van der Waals surface area contributed by atoms with Crippen molar-refractivity contribution in [3.63, 3.8) is 0 Å². The predicted octanol–water partition coefficient (Wildman–Crippen LogP) is 4.19. The third-order valence-corrected chi connectivity index (χ3v) is 4.89. The molecule has 1 aromatic heterocycles. The van der Waals surface area contributed by atoms with E-state index in [-0.39, 0.29) is 12.1 Å². The van der Waals surface area contributed by atoms with Crippen molar-refractivity contribution < 1.29 is 18.0 Å². The molecular weight excluding hydrogens is 393 g/mol. The van der Waals surface area contributed by atoms with Crippen LogP contribution in [0.5, 0.6) is 0 Å². The molecule has 1 aliphatic rings. The summed E-state index contributed by atoms with van der Waals surface area (Å²) in [7, 11) is 0. The van der Waals surface area contributed by atoms with Crippen molar-refractivity contribution in [3.8, 4) is 0 Å². The summed E-state index contributed by atoms with van der Waals surface area (Å²) in [5.74, 6) is 0.0771. The van der Waals surface area contributed by atoms with Gasteiger partial charge in [0.05, 0.1) is 22.7 Å². The SMILES string of the molecule is Cc1cccnc1NC1=C(N)CN(C(=O)c2cccc(C(F)(F)F)c2Cl)CC1. The van der Waals surface area contributed by atoms with Crippen LogP contribution in [0.1, 0.15) is 27.9 Å². The van der Waals surface area contributed by atoms with Gasteiger partial charge in [0.2, 0.25) is 0 Å². The van der Waals surface area contributed by atoms with Crippen molar-refractivity contribution in [3.05, 3.63) is 69.6 Å². The average molecular weight is 411 g/mol. The van der Waals surface area contributed by atoms with E-state index in [1.807, 2.05) is 19.1 Å². The maximum absolute atomic E-state index is 13.0. The smallest absolute Gasteiger partial charge is 0.399 e. The molecule has 0 bridgehead atoms. The van der Waals surface area contributed by atoms with Gasteiger partial charge in [0.1, 0.15) is 5.82 Å². The van der Waals surface area contributed by atoms with E-state index in [0.717, 1.165) is 17.3 Å². The number of alkyl halides is 3. The van der Waals surface area contributed by atoms with Crippen LogP contribution in [0.2, 0.25) is 5.02 Å².